The van der Waals surface area contributed by atoms with Crippen LogP contribution < -0.4 is 5.73 Å². The summed E-state index contributed by atoms with van der Waals surface area (Å²) in [5.74, 6) is 0.0805. The van der Waals surface area contributed by atoms with Crippen LogP contribution >= 0.6 is 0 Å². The molecule has 0 aliphatic carbocycles. The monoisotopic (exact) mass is 241 g/mol. The second-order valence-corrected chi connectivity index (χ2v) is 5.34. The second-order valence-electron chi connectivity index (χ2n) is 5.34. The minimum absolute atomic E-state index is 0.0191. The Morgan fingerprint density at radius 2 is 1.71 bits per heavy atom. The van der Waals surface area contributed by atoms with E-state index in [0.29, 0.717) is 19.6 Å². The summed E-state index contributed by atoms with van der Waals surface area (Å²) in [5, 5.41) is 0. The third-order valence-corrected chi connectivity index (χ3v) is 3.35. The molecule has 0 atom stereocenters. The quantitative estimate of drug-likeness (QED) is 0.739. The Morgan fingerprint density at radius 3 is 2.24 bits per heavy atom. The highest BCUT2D eigenvalue weighted by molar-refractivity contribution is 5.92. The number of nitrogens with two attached hydrogens (primary N) is 1. The van der Waals surface area contributed by atoms with Gasteiger partial charge in [-0.05, 0) is 25.3 Å². The average molecular weight is 241 g/mol. The molecule has 2 N–H and O–H groups in total. The Morgan fingerprint density at radius 1 is 1.18 bits per heavy atom. The first-order valence-electron chi connectivity index (χ1n) is 6.15. The van der Waals surface area contributed by atoms with Gasteiger partial charge >= 0.3 is 0 Å². The van der Waals surface area contributed by atoms with E-state index >= 15 is 0 Å². The highest BCUT2D eigenvalue weighted by Crippen LogP contribution is 2.19. The first-order valence-corrected chi connectivity index (χ1v) is 6.15. The fourth-order valence-electron chi connectivity index (χ4n) is 1.73. The number of piperazine rings is 1. The topological polar surface area (TPSA) is 66.6 Å². The minimum atomic E-state index is 0.0191. The van der Waals surface area contributed by atoms with Crippen molar-refractivity contribution in [3.63, 3.8) is 0 Å². The maximum absolute atomic E-state index is 11.8. The van der Waals surface area contributed by atoms with E-state index in [0.717, 1.165) is 6.42 Å². The van der Waals surface area contributed by atoms with Gasteiger partial charge in [-0.15, -0.1) is 0 Å². The molecule has 5 heteroatoms. The first kappa shape index (κ1) is 14.0. The van der Waals surface area contributed by atoms with Crippen LogP contribution in [-0.2, 0) is 9.59 Å². The zero-order chi connectivity index (χ0) is 13.1. The number of hydrogen-bond donors (Lipinski definition) is 1. The summed E-state index contributed by atoms with van der Waals surface area (Å²) in [6.45, 7) is 8.27. The van der Waals surface area contributed by atoms with Gasteiger partial charge in [0.1, 0.15) is 0 Å². The van der Waals surface area contributed by atoms with Gasteiger partial charge in [0.05, 0.1) is 13.1 Å². The fraction of sp³-hybridized carbons (Fsp3) is 0.833. The minimum Gasteiger partial charge on any atom is -0.332 e. The van der Waals surface area contributed by atoms with Crippen molar-refractivity contribution in [1.29, 1.82) is 0 Å². The number of nitrogens with zero attached hydrogens (tertiary/aromatic N) is 2. The van der Waals surface area contributed by atoms with Crippen molar-refractivity contribution in [2.45, 2.75) is 27.2 Å². The molecule has 0 aromatic carbocycles. The molecule has 5 nitrogen and oxygen atoms in total. The predicted molar refractivity (Wildman–Crippen MR) is 66.3 cm³/mol. The van der Waals surface area contributed by atoms with E-state index in [2.05, 4.69) is 13.8 Å². The van der Waals surface area contributed by atoms with Crippen molar-refractivity contribution >= 4 is 11.8 Å². The zero-order valence-corrected chi connectivity index (χ0v) is 11.0. The maximum Gasteiger partial charge on any atom is 0.242 e. The molecule has 1 saturated heterocycles. The number of likely N-dealkylation sites (N-methyl/N-ethyl adjacent to an activating group) is 1. The first-order chi connectivity index (χ1) is 7.89. The Kier molecular flexibility index (Phi) is 4.51. The summed E-state index contributed by atoms with van der Waals surface area (Å²) >= 11 is 0. The Hall–Kier alpha value is -1.10. The largest absolute Gasteiger partial charge is 0.332 e. The molecule has 98 valence electrons. The molecule has 1 rings (SSSR count). The van der Waals surface area contributed by atoms with Crippen molar-refractivity contribution in [1.82, 2.24) is 9.80 Å². The van der Waals surface area contributed by atoms with Crippen LogP contribution in [0.1, 0.15) is 27.2 Å². The van der Waals surface area contributed by atoms with Crippen molar-refractivity contribution < 1.29 is 9.59 Å². The molecule has 17 heavy (non-hydrogen) atoms. The number of rotatable bonds is 5. The Labute approximate surface area is 103 Å². The third-order valence-electron chi connectivity index (χ3n) is 3.35. The lowest BCUT2D eigenvalue weighted by molar-refractivity contribution is -0.150. The van der Waals surface area contributed by atoms with Gasteiger partial charge in [-0.1, -0.05) is 13.8 Å². The summed E-state index contributed by atoms with van der Waals surface area (Å²) in [5.41, 5.74) is 5.67. The van der Waals surface area contributed by atoms with E-state index in [1.54, 1.807) is 9.80 Å². The molecule has 1 aliphatic heterocycles. The van der Waals surface area contributed by atoms with Crippen molar-refractivity contribution in [3.8, 4) is 0 Å². The maximum atomic E-state index is 11.8. The number of carbonyl (C=O) groups is 2. The van der Waals surface area contributed by atoms with Crippen LogP contribution in [0.5, 0.6) is 0 Å². The molecule has 0 bridgehead atoms. The fourth-order valence-corrected chi connectivity index (χ4v) is 1.73. The van der Waals surface area contributed by atoms with Gasteiger partial charge in [-0.25, -0.2) is 0 Å². The lowest BCUT2D eigenvalue weighted by Crippen LogP contribution is -2.54. The second kappa shape index (κ2) is 5.49. The predicted octanol–water partition coefficient (Wildman–Crippen LogP) is 0.0521. The van der Waals surface area contributed by atoms with Crippen LogP contribution in [0.4, 0.5) is 0 Å². The molecule has 1 heterocycles. The van der Waals surface area contributed by atoms with Crippen LogP contribution in [0, 0.1) is 5.41 Å². The standard InChI is InChI=1S/C12H23N3O2/c1-4-14-7-11(17)15(8-10(14)16)6-5-12(2,3)9-13/h4-9,13H2,1-3H3. The van der Waals surface area contributed by atoms with E-state index < -0.39 is 0 Å². The van der Waals surface area contributed by atoms with Crippen molar-refractivity contribution in [2.75, 3.05) is 32.7 Å². The molecule has 0 unspecified atom stereocenters. The molecule has 0 aromatic rings. The van der Waals surface area contributed by atoms with Crippen LogP contribution in [0.15, 0.2) is 0 Å². The Bertz CT molecular complexity index is 302. The van der Waals surface area contributed by atoms with Gasteiger partial charge in [0.25, 0.3) is 0 Å². The summed E-state index contributed by atoms with van der Waals surface area (Å²) in [6.07, 6.45) is 0.828. The van der Waals surface area contributed by atoms with Crippen molar-refractivity contribution in [3.05, 3.63) is 0 Å². The molecule has 0 spiro atoms. The van der Waals surface area contributed by atoms with Crippen LogP contribution in [0.25, 0.3) is 0 Å². The molecule has 1 aliphatic rings. The summed E-state index contributed by atoms with van der Waals surface area (Å²) in [4.78, 5) is 26.7. The van der Waals surface area contributed by atoms with E-state index in [1.807, 2.05) is 6.92 Å². The number of amides is 2. The lowest BCUT2D eigenvalue weighted by Gasteiger charge is -2.35. The third kappa shape index (κ3) is 3.70. The van der Waals surface area contributed by atoms with Gasteiger partial charge in [0.2, 0.25) is 11.8 Å². The summed E-state index contributed by atoms with van der Waals surface area (Å²) in [6, 6.07) is 0. The highest BCUT2D eigenvalue weighted by Gasteiger charge is 2.29. The van der Waals surface area contributed by atoms with Gasteiger partial charge in [-0.2, -0.15) is 0 Å². The smallest absolute Gasteiger partial charge is 0.242 e. The van der Waals surface area contributed by atoms with Gasteiger partial charge in [0, 0.05) is 13.1 Å². The van der Waals surface area contributed by atoms with Crippen LogP contribution in [0.3, 0.4) is 0 Å². The highest BCUT2D eigenvalue weighted by atomic mass is 16.2. The van der Waals surface area contributed by atoms with E-state index in [4.69, 9.17) is 5.73 Å². The lowest BCUT2D eigenvalue weighted by atomic mass is 9.89. The Balaban J connectivity index is 2.51. The summed E-state index contributed by atoms with van der Waals surface area (Å²) in [7, 11) is 0. The number of carbonyl (C=O) groups excluding carboxylic acids is 2. The van der Waals surface area contributed by atoms with E-state index in [1.165, 1.54) is 0 Å². The van der Waals surface area contributed by atoms with Gasteiger partial charge in [0.15, 0.2) is 0 Å². The molecule has 2 amide bonds. The molecule has 0 aromatic heterocycles. The number of hydrogen-bond acceptors (Lipinski definition) is 3. The normalized spacial score (nSPS) is 17.9. The molecular weight excluding hydrogens is 218 g/mol. The molecule has 1 fully saturated rings. The molecule has 0 radical (unpaired) electrons. The van der Waals surface area contributed by atoms with Gasteiger partial charge in [-0.3, -0.25) is 9.59 Å². The SMILES string of the molecule is CCN1CC(=O)N(CCC(C)(C)CN)CC1=O. The van der Waals surface area contributed by atoms with Crippen LogP contribution in [-0.4, -0.2) is 54.3 Å². The average Bonchev–Trinajstić information content (AvgIpc) is 2.29. The molecular formula is C12H23N3O2. The van der Waals surface area contributed by atoms with E-state index in [9.17, 15) is 9.59 Å². The van der Waals surface area contributed by atoms with Gasteiger partial charge < -0.3 is 15.5 Å². The zero-order valence-electron chi connectivity index (χ0n) is 11.0. The van der Waals surface area contributed by atoms with Crippen molar-refractivity contribution in [2.24, 2.45) is 11.1 Å². The molecule has 0 saturated carbocycles. The van der Waals surface area contributed by atoms with Crippen LogP contribution in [0.2, 0.25) is 0 Å². The van der Waals surface area contributed by atoms with E-state index in [-0.39, 0.29) is 30.3 Å². The summed E-state index contributed by atoms with van der Waals surface area (Å²) < 4.78 is 0.